The van der Waals surface area contributed by atoms with Crippen molar-refractivity contribution in [1.29, 1.82) is 0 Å². The van der Waals surface area contributed by atoms with Gasteiger partial charge in [-0.15, -0.1) is 11.3 Å². The smallest absolute Gasteiger partial charge is 0.341 e. The first-order chi connectivity index (χ1) is 13.4. The van der Waals surface area contributed by atoms with Crippen LogP contribution in [0, 0.1) is 13.8 Å². The van der Waals surface area contributed by atoms with Crippen LogP contribution in [0.3, 0.4) is 0 Å². The highest BCUT2D eigenvalue weighted by atomic mass is 32.1. The molecule has 2 aromatic heterocycles. The lowest BCUT2D eigenvalue weighted by Gasteiger charge is -2.08. The quantitative estimate of drug-likeness (QED) is 0.613. The van der Waals surface area contributed by atoms with Gasteiger partial charge in [-0.05, 0) is 32.4 Å². The van der Waals surface area contributed by atoms with E-state index in [1.807, 2.05) is 25.1 Å². The number of ether oxygens (including phenoxy) is 2. The molecule has 0 aliphatic rings. The molecule has 146 valence electrons. The number of hydrogen-bond acceptors (Lipinski definition) is 6. The summed E-state index contributed by atoms with van der Waals surface area (Å²) in [5.74, 6) is -1.62. The van der Waals surface area contributed by atoms with Gasteiger partial charge in [0.1, 0.15) is 5.00 Å². The van der Waals surface area contributed by atoms with Crippen LogP contribution in [0.5, 0.6) is 0 Å². The summed E-state index contributed by atoms with van der Waals surface area (Å²) >= 11 is 1.28. The number of aromatic amines is 1. The third-order valence-corrected chi connectivity index (χ3v) is 5.38. The molecular formula is C20H20N2O5S. The van der Waals surface area contributed by atoms with E-state index >= 15 is 0 Å². The summed E-state index contributed by atoms with van der Waals surface area (Å²) in [5.41, 5.74) is 2.26. The van der Waals surface area contributed by atoms with E-state index in [0.29, 0.717) is 16.1 Å². The van der Waals surface area contributed by atoms with Gasteiger partial charge in [0.15, 0.2) is 6.61 Å². The predicted molar refractivity (Wildman–Crippen MR) is 107 cm³/mol. The van der Waals surface area contributed by atoms with E-state index in [2.05, 4.69) is 10.3 Å². The van der Waals surface area contributed by atoms with E-state index in [9.17, 15) is 14.4 Å². The molecule has 3 aromatic rings. The van der Waals surface area contributed by atoms with Crippen molar-refractivity contribution in [3.05, 3.63) is 52.0 Å². The van der Waals surface area contributed by atoms with Gasteiger partial charge in [0.2, 0.25) is 0 Å². The van der Waals surface area contributed by atoms with Gasteiger partial charge in [-0.2, -0.15) is 0 Å². The number of nitrogens with one attached hydrogen (secondary N) is 2. The van der Waals surface area contributed by atoms with Crippen molar-refractivity contribution in [2.45, 2.75) is 20.8 Å². The average molecular weight is 400 g/mol. The van der Waals surface area contributed by atoms with E-state index in [1.165, 1.54) is 11.3 Å². The fourth-order valence-electron chi connectivity index (χ4n) is 2.78. The number of fused-ring (bicyclic) bond motifs is 1. The number of hydrogen-bond donors (Lipinski definition) is 2. The minimum atomic E-state index is -0.600. The van der Waals surface area contributed by atoms with Crippen LogP contribution < -0.4 is 5.32 Å². The molecule has 2 N–H and O–H groups in total. The largest absolute Gasteiger partial charge is 0.462 e. The molecule has 0 saturated heterocycles. The topological polar surface area (TPSA) is 97.5 Å². The summed E-state index contributed by atoms with van der Waals surface area (Å²) in [5, 5.41) is 3.76. The SMILES string of the molecule is CCOC(=O)c1c(NC(=O)COC(=O)c2c[nH]c3ccccc23)sc(C)c1C. The highest BCUT2D eigenvalue weighted by Crippen LogP contribution is 2.33. The zero-order valence-corrected chi connectivity index (χ0v) is 16.6. The van der Waals surface area contributed by atoms with Gasteiger partial charge in [0.25, 0.3) is 5.91 Å². The van der Waals surface area contributed by atoms with E-state index in [-0.39, 0.29) is 6.61 Å². The number of benzene rings is 1. The Bertz CT molecular complexity index is 1050. The molecule has 8 heteroatoms. The van der Waals surface area contributed by atoms with Gasteiger partial charge in [-0.25, -0.2) is 9.59 Å². The molecule has 1 amide bonds. The van der Waals surface area contributed by atoms with E-state index in [4.69, 9.17) is 9.47 Å². The van der Waals surface area contributed by atoms with Crippen LogP contribution in [0.15, 0.2) is 30.5 Å². The second-order valence-corrected chi connectivity index (χ2v) is 7.30. The first-order valence-corrected chi connectivity index (χ1v) is 9.54. The molecule has 2 heterocycles. The number of amides is 1. The molecule has 0 spiro atoms. The maximum absolute atomic E-state index is 12.3. The second kappa shape index (κ2) is 8.26. The molecular weight excluding hydrogens is 380 g/mol. The van der Waals surface area contributed by atoms with E-state index < -0.39 is 24.5 Å². The number of esters is 2. The normalized spacial score (nSPS) is 10.7. The fourth-order valence-corrected chi connectivity index (χ4v) is 3.84. The summed E-state index contributed by atoms with van der Waals surface area (Å²) in [6.07, 6.45) is 1.55. The molecule has 0 saturated carbocycles. The molecule has 0 unspecified atom stereocenters. The second-order valence-electron chi connectivity index (χ2n) is 6.08. The Morgan fingerprint density at radius 3 is 2.61 bits per heavy atom. The summed E-state index contributed by atoms with van der Waals surface area (Å²) < 4.78 is 10.2. The Morgan fingerprint density at radius 2 is 1.86 bits per heavy atom. The van der Waals surface area contributed by atoms with Crippen LogP contribution in [-0.4, -0.2) is 36.0 Å². The molecule has 0 aliphatic heterocycles. The number of rotatable bonds is 6. The number of aryl methyl sites for hydroxylation is 1. The zero-order chi connectivity index (χ0) is 20.3. The minimum Gasteiger partial charge on any atom is -0.462 e. The summed E-state index contributed by atoms with van der Waals surface area (Å²) in [6, 6.07) is 7.31. The highest BCUT2D eigenvalue weighted by Gasteiger charge is 2.22. The van der Waals surface area contributed by atoms with Gasteiger partial charge in [-0.1, -0.05) is 18.2 Å². The third kappa shape index (κ3) is 3.91. The fraction of sp³-hybridized carbons (Fsp3) is 0.250. The van der Waals surface area contributed by atoms with Crippen molar-refractivity contribution >= 4 is 45.1 Å². The molecule has 0 bridgehead atoms. The maximum atomic E-state index is 12.3. The summed E-state index contributed by atoms with van der Waals surface area (Å²) in [7, 11) is 0. The Kier molecular flexibility index (Phi) is 5.79. The number of H-pyrrole nitrogens is 1. The number of para-hydroxylation sites is 1. The van der Waals surface area contributed by atoms with Crippen molar-refractivity contribution in [2.75, 3.05) is 18.5 Å². The van der Waals surface area contributed by atoms with Crippen LogP contribution in [-0.2, 0) is 14.3 Å². The van der Waals surface area contributed by atoms with Gasteiger partial charge in [0, 0.05) is 22.0 Å². The van der Waals surface area contributed by atoms with Gasteiger partial charge >= 0.3 is 11.9 Å². The standard InChI is InChI=1S/C20H20N2O5S/c1-4-26-20(25)17-11(2)12(3)28-18(17)22-16(23)10-27-19(24)14-9-21-15-8-6-5-7-13(14)15/h5-9,21H,4,10H2,1-3H3,(H,22,23). The van der Waals surface area contributed by atoms with Crippen molar-refractivity contribution in [2.24, 2.45) is 0 Å². The van der Waals surface area contributed by atoms with Crippen LogP contribution >= 0.6 is 11.3 Å². The van der Waals surface area contributed by atoms with Crippen molar-refractivity contribution in [3.8, 4) is 0 Å². The maximum Gasteiger partial charge on any atom is 0.341 e. The number of thiophene rings is 1. The molecule has 28 heavy (non-hydrogen) atoms. The lowest BCUT2D eigenvalue weighted by molar-refractivity contribution is -0.119. The van der Waals surface area contributed by atoms with Gasteiger partial charge in [-0.3, -0.25) is 4.79 Å². The molecule has 0 radical (unpaired) electrons. The lowest BCUT2D eigenvalue weighted by Crippen LogP contribution is -2.21. The van der Waals surface area contributed by atoms with Crippen molar-refractivity contribution in [1.82, 2.24) is 4.98 Å². The molecule has 0 aliphatic carbocycles. The number of aromatic nitrogens is 1. The van der Waals surface area contributed by atoms with Crippen molar-refractivity contribution < 1.29 is 23.9 Å². The van der Waals surface area contributed by atoms with E-state index in [1.54, 1.807) is 26.1 Å². The lowest BCUT2D eigenvalue weighted by atomic mass is 10.1. The van der Waals surface area contributed by atoms with Crippen LogP contribution in [0.1, 0.15) is 38.1 Å². The highest BCUT2D eigenvalue weighted by molar-refractivity contribution is 7.16. The van der Waals surface area contributed by atoms with Crippen LogP contribution in [0.2, 0.25) is 0 Å². The van der Waals surface area contributed by atoms with E-state index in [0.717, 1.165) is 21.3 Å². The molecule has 3 rings (SSSR count). The average Bonchev–Trinajstić information content (AvgIpc) is 3.21. The Labute approximate surface area is 165 Å². The number of anilines is 1. The minimum absolute atomic E-state index is 0.239. The first kappa shape index (κ1) is 19.6. The molecule has 7 nitrogen and oxygen atoms in total. The Balaban J connectivity index is 1.67. The number of carbonyl (C=O) groups is 3. The van der Waals surface area contributed by atoms with Gasteiger partial charge < -0.3 is 19.8 Å². The van der Waals surface area contributed by atoms with Gasteiger partial charge in [0.05, 0.1) is 17.7 Å². The Morgan fingerprint density at radius 1 is 1.11 bits per heavy atom. The zero-order valence-electron chi connectivity index (χ0n) is 15.8. The molecule has 0 fully saturated rings. The Hall–Kier alpha value is -3.13. The third-order valence-electron chi connectivity index (χ3n) is 4.26. The molecule has 1 aromatic carbocycles. The summed E-state index contributed by atoms with van der Waals surface area (Å²) in [4.78, 5) is 40.6. The summed E-state index contributed by atoms with van der Waals surface area (Å²) in [6.45, 7) is 5.15. The van der Waals surface area contributed by atoms with Crippen LogP contribution in [0.4, 0.5) is 5.00 Å². The number of carbonyl (C=O) groups excluding carboxylic acids is 3. The first-order valence-electron chi connectivity index (χ1n) is 8.72. The van der Waals surface area contributed by atoms with Crippen molar-refractivity contribution in [3.63, 3.8) is 0 Å². The monoisotopic (exact) mass is 400 g/mol. The molecule has 0 atom stereocenters. The van der Waals surface area contributed by atoms with Crippen LogP contribution in [0.25, 0.3) is 10.9 Å². The predicted octanol–water partition coefficient (Wildman–Crippen LogP) is 3.82.